The van der Waals surface area contributed by atoms with Crippen molar-refractivity contribution in [2.24, 2.45) is 0 Å². The van der Waals surface area contributed by atoms with Crippen LogP contribution >= 0.6 is 12.2 Å². The molecule has 0 aromatic heterocycles. The molecule has 0 fully saturated rings. The molecule has 122 valence electrons. The van der Waals surface area contributed by atoms with Crippen molar-refractivity contribution >= 4 is 28.1 Å². The lowest BCUT2D eigenvalue weighted by molar-refractivity contribution is 0.286. The Kier molecular flexibility index (Phi) is 5.34. The maximum atomic E-state index is 6.01. The first-order valence-corrected chi connectivity index (χ1v) is 8.88. The van der Waals surface area contributed by atoms with E-state index in [4.69, 9.17) is 17.0 Å². The predicted octanol–water partition coefficient (Wildman–Crippen LogP) is 3.58. The van der Waals surface area contributed by atoms with Crippen molar-refractivity contribution in [3.63, 3.8) is 0 Å². The van der Waals surface area contributed by atoms with Gasteiger partial charge in [0.2, 0.25) is 0 Å². The third-order valence-corrected chi connectivity index (χ3v) is 4.50. The number of nitrogens with one attached hydrogen (secondary N) is 2. The first-order chi connectivity index (χ1) is 11.3. The monoisotopic (exact) mass is 328 g/mol. The fourth-order valence-corrected chi connectivity index (χ4v) is 3.32. The molecule has 3 nitrogen and oxygen atoms in total. The Hall–Kier alpha value is -1.81. The summed E-state index contributed by atoms with van der Waals surface area (Å²) in [6.07, 6.45) is 4.20. The van der Waals surface area contributed by atoms with Crippen molar-refractivity contribution in [1.82, 2.24) is 10.6 Å². The Morgan fingerprint density at radius 1 is 1.22 bits per heavy atom. The largest absolute Gasteiger partial charge is 0.493 e. The maximum absolute atomic E-state index is 6.01. The van der Waals surface area contributed by atoms with E-state index >= 15 is 0 Å². The van der Waals surface area contributed by atoms with Gasteiger partial charge in [0.05, 0.1) is 6.61 Å². The van der Waals surface area contributed by atoms with Crippen LogP contribution in [-0.2, 0) is 12.8 Å². The number of hydrogen-bond acceptors (Lipinski definition) is 2. The third kappa shape index (κ3) is 3.75. The van der Waals surface area contributed by atoms with Gasteiger partial charge >= 0.3 is 0 Å². The lowest BCUT2D eigenvalue weighted by atomic mass is 9.94. The van der Waals surface area contributed by atoms with Crippen molar-refractivity contribution in [2.75, 3.05) is 19.7 Å². The summed E-state index contributed by atoms with van der Waals surface area (Å²) in [5.74, 6) is 1.10. The molecule has 1 aliphatic heterocycles. The van der Waals surface area contributed by atoms with E-state index < -0.39 is 0 Å². The van der Waals surface area contributed by atoms with Crippen LogP contribution in [0.3, 0.4) is 0 Å². The van der Waals surface area contributed by atoms with Gasteiger partial charge in [-0.1, -0.05) is 31.2 Å². The number of ether oxygens (including phenoxy) is 1. The Balaban J connectivity index is 1.76. The average molecular weight is 328 g/mol. The van der Waals surface area contributed by atoms with Gasteiger partial charge in [-0.15, -0.1) is 0 Å². The Labute approximate surface area is 143 Å². The predicted molar refractivity (Wildman–Crippen MR) is 100 cm³/mol. The van der Waals surface area contributed by atoms with Gasteiger partial charge in [0.25, 0.3) is 0 Å². The number of thiocarbonyl (C=S) groups is 1. The zero-order valence-electron chi connectivity index (χ0n) is 13.7. The van der Waals surface area contributed by atoms with Crippen LogP contribution in [0.2, 0.25) is 0 Å². The second-order valence-electron chi connectivity index (χ2n) is 5.95. The molecule has 2 aromatic carbocycles. The normalized spacial score (nSPS) is 13.3. The highest BCUT2D eigenvalue weighted by molar-refractivity contribution is 7.80. The van der Waals surface area contributed by atoms with Crippen molar-refractivity contribution < 1.29 is 4.74 Å². The molecule has 0 aliphatic carbocycles. The van der Waals surface area contributed by atoms with E-state index in [9.17, 15) is 0 Å². The van der Waals surface area contributed by atoms with Gasteiger partial charge < -0.3 is 15.4 Å². The molecule has 1 heterocycles. The lowest BCUT2D eigenvalue weighted by Crippen LogP contribution is -2.36. The summed E-state index contributed by atoms with van der Waals surface area (Å²) in [6, 6.07) is 10.9. The van der Waals surface area contributed by atoms with Gasteiger partial charge in [-0.25, -0.2) is 0 Å². The van der Waals surface area contributed by atoms with Gasteiger partial charge in [-0.3, -0.25) is 0 Å². The zero-order chi connectivity index (χ0) is 16.1. The van der Waals surface area contributed by atoms with Crippen LogP contribution in [0.1, 0.15) is 30.9 Å². The summed E-state index contributed by atoms with van der Waals surface area (Å²) in [6.45, 7) is 4.69. The third-order valence-electron chi connectivity index (χ3n) is 4.21. The molecule has 23 heavy (non-hydrogen) atoms. The van der Waals surface area contributed by atoms with Crippen LogP contribution in [0.25, 0.3) is 10.8 Å². The van der Waals surface area contributed by atoms with Crippen molar-refractivity contribution in [2.45, 2.75) is 32.6 Å². The van der Waals surface area contributed by atoms with E-state index in [0.717, 1.165) is 56.2 Å². The van der Waals surface area contributed by atoms with Gasteiger partial charge in [0, 0.05) is 18.7 Å². The first kappa shape index (κ1) is 16.1. The second-order valence-corrected chi connectivity index (χ2v) is 6.36. The highest BCUT2D eigenvalue weighted by atomic mass is 32.1. The van der Waals surface area contributed by atoms with Crippen molar-refractivity contribution in [3.05, 3.63) is 41.5 Å². The Morgan fingerprint density at radius 2 is 2.04 bits per heavy atom. The van der Waals surface area contributed by atoms with Crippen LogP contribution < -0.4 is 15.4 Å². The molecule has 1 aliphatic rings. The van der Waals surface area contributed by atoms with Gasteiger partial charge in [0.1, 0.15) is 5.75 Å². The van der Waals surface area contributed by atoms with E-state index in [0.29, 0.717) is 0 Å². The van der Waals surface area contributed by atoms with Crippen molar-refractivity contribution in [3.8, 4) is 5.75 Å². The van der Waals surface area contributed by atoms with E-state index in [1.54, 1.807) is 0 Å². The van der Waals surface area contributed by atoms with Crippen LogP contribution in [-0.4, -0.2) is 24.8 Å². The van der Waals surface area contributed by atoms with E-state index in [1.807, 2.05) is 0 Å². The molecule has 0 saturated heterocycles. The summed E-state index contributed by atoms with van der Waals surface area (Å²) in [7, 11) is 0. The molecule has 0 unspecified atom stereocenters. The number of benzene rings is 2. The van der Waals surface area contributed by atoms with Crippen LogP contribution in [0.15, 0.2) is 30.3 Å². The molecular weight excluding hydrogens is 304 g/mol. The summed E-state index contributed by atoms with van der Waals surface area (Å²) in [5.41, 5.74) is 2.65. The SMILES string of the molecule is CCCNC(=S)NCCc1cc2ccccc2c2c1OCCC2. The number of fused-ring (bicyclic) bond motifs is 3. The molecular formula is C19H24N2OS. The summed E-state index contributed by atoms with van der Waals surface area (Å²) < 4.78 is 6.01. The highest BCUT2D eigenvalue weighted by Gasteiger charge is 2.17. The Morgan fingerprint density at radius 3 is 2.91 bits per heavy atom. The highest BCUT2D eigenvalue weighted by Crippen LogP contribution is 2.35. The lowest BCUT2D eigenvalue weighted by Gasteiger charge is -2.23. The summed E-state index contributed by atoms with van der Waals surface area (Å²) >= 11 is 5.28. The standard InChI is InChI=1S/C19H24N2OS/c1-2-10-20-19(23)21-11-9-15-13-14-6-3-4-7-16(14)17-8-5-12-22-18(15)17/h3-4,6-7,13H,2,5,8-12H2,1H3,(H2,20,21,23). The zero-order valence-corrected chi connectivity index (χ0v) is 14.5. The molecule has 0 spiro atoms. The molecule has 0 radical (unpaired) electrons. The minimum Gasteiger partial charge on any atom is -0.493 e. The molecule has 3 rings (SSSR count). The topological polar surface area (TPSA) is 33.3 Å². The van der Waals surface area contributed by atoms with Crippen LogP contribution in [0, 0.1) is 0 Å². The Bertz CT molecular complexity index is 699. The van der Waals surface area contributed by atoms with Gasteiger partial charge in [-0.2, -0.15) is 0 Å². The van der Waals surface area contributed by atoms with Crippen LogP contribution in [0.5, 0.6) is 5.75 Å². The summed E-state index contributed by atoms with van der Waals surface area (Å²) in [5, 5.41) is 9.86. The van der Waals surface area contributed by atoms with E-state index in [2.05, 4.69) is 47.9 Å². The molecule has 2 aromatic rings. The van der Waals surface area contributed by atoms with Gasteiger partial charge in [0.15, 0.2) is 5.11 Å². The fraction of sp³-hybridized carbons (Fsp3) is 0.421. The van der Waals surface area contributed by atoms with Crippen LogP contribution in [0.4, 0.5) is 0 Å². The van der Waals surface area contributed by atoms with E-state index in [-0.39, 0.29) is 0 Å². The number of rotatable bonds is 5. The quantitative estimate of drug-likeness (QED) is 0.822. The minimum atomic E-state index is 0.738. The van der Waals surface area contributed by atoms with E-state index in [1.165, 1.54) is 21.9 Å². The maximum Gasteiger partial charge on any atom is 0.166 e. The second kappa shape index (κ2) is 7.64. The molecule has 0 saturated carbocycles. The molecule has 0 atom stereocenters. The molecule has 4 heteroatoms. The van der Waals surface area contributed by atoms with Gasteiger partial charge in [-0.05, 0) is 60.3 Å². The fourth-order valence-electron chi connectivity index (χ4n) is 3.12. The number of hydrogen-bond donors (Lipinski definition) is 2. The smallest absolute Gasteiger partial charge is 0.166 e. The molecule has 2 N–H and O–H groups in total. The molecule has 0 bridgehead atoms. The minimum absolute atomic E-state index is 0.738. The first-order valence-electron chi connectivity index (χ1n) is 8.47. The van der Waals surface area contributed by atoms with Crippen molar-refractivity contribution in [1.29, 1.82) is 0 Å². The molecule has 0 amide bonds. The average Bonchev–Trinajstić information content (AvgIpc) is 2.60. The summed E-state index contributed by atoms with van der Waals surface area (Å²) in [4.78, 5) is 0. The number of aryl methyl sites for hydroxylation is 1.